The van der Waals surface area contributed by atoms with Gasteiger partial charge in [0.05, 0.1) is 18.3 Å². The van der Waals surface area contributed by atoms with Gasteiger partial charge in [-0.3, -0.25) is 4.79 Å². The van der Waals surface area contributed by atoms with E-state index in [0.29, 0.717) is 18.9 Å². The molecule has 0 radical (unpaired) electrons. The predicted molar refractivity (Wildman–Crippen MR) is 87.9 cm³/mol. The number of hydrogen-bond donors (Lipinski definition) is 2. The first-order valence-corrected chi connectivity index (χ1v) is 7.40. The van der Waals surface area contributed by atoms with E-state index in [1.807, 2.05) is 25.1 Å². The summed E-state index contributed by atoms with van der Waals surface area (Å²) in [6.07, 6.45) is 1.51. The van der Waals surface area contributed by atoms with Crippen molar-refractivity contribution in [2.45, 2.75) is 6.42 Å². The monoisotopic (exact) mass is 335 g/mol. The van der Waals surface area contributed by atoms with Crippen LogP contribution in [0.25, 0.3) is 0 Å². The van der Waals surface area contributed by atoms with E-state index >= 15 is 0 Å². The number of amides is 1. The Bertz CT molecular complexity index is 709. The summed E-state index contributed by atoms with van der Waals surface area (Å²) < 4.78 is 26.3. The van der Waals surface area contributed by atoms with Gasteiger partial charge in [-0.1, -0.05) is 6.07 Å². The van der Waals surface area contributed by atoms with Gasteiger partial charge >= 0.3 is 0 Å². The molecule has 24 heavy (non-hydrogen) atoms. The molecule has 0 spiro atoms. The standard InChI is InChI=1S/C16H19F2N5O/c1-23(2)13-9-15(22-21-10-13)19-5-6-20-16(24)7-11-3-4-12(17)8-14(11)18/h3-4,8-10H,5-7H2,1-2H3,(H,19,22)(H,20,24). The second-order valence-corrected chi connectivity index (χ2v) is 5.38. The summed E-state index contributed by atoms with van der Waals surface area (Å²) in [5.74, 6) is -1.13. The van der Waals surface area contributed by atoms with Crippen molar-refractivity contribution in [3.63, 3.8) is 0 Å². The van der Waals surface area contributed by atoms with Crippen LogP contribution in [0.2, 0.25) is 0 Å². The fourth-order valence-electron chi connectivity index (χ4n) is 1.98. The minimum absolute atomic E-state index is 0.137. The lowest BCUT2D eigenvalue weighted by Gasteiger charge is -2.13. The van der Waals surface area contributed by atoms with Crippen molar-refractivity contribution in [2.24, 2.45) is 0 Å². The molecule has 6 nitrogen and oxygen atoms in total. The minimum atomic E-state index is -0.723. The Hall–Kier alpha value is -2.77. The molecule has 0 aliphatic rings. The lowest BCUT2D eigenvalue weighted by atomic mass is 10.1. The van der Waals surface area contributed by atoms with Crippen LogP contribution in [0, 0.1) is 11.6 Å². The lowest BCUT2D eigenvalue weighted by molar-refractivity contribution is -0.120. The summed E-state index contributed by atoms with van der Waals surface area (Å²) in [7, 11) is 3.80. The molecule has 0 saturated carbocycles. The zero-order valence-corrected chi connectivity index (χ0v) is 13.5. The van der Waals surface area contributed by atoms with Gasteiger partial charge < -0.3 is 15.5 Å². The Morgan fingerprint density at radius 2 is 2.00 bits per heavy atom. The van der Waals surface area contributed by atoms with E-state index in [-0.39, 0.29) is 17.9 Å². The van der Waals surface area contributed by atoms with Gasteiger partial charge in [0.15, 0.2) is 5.82 Å². The average Bonchev–Trinajstić information content (AvgIpc) is 2.54. The van der Waals surface area contributed by atoms with Gasteiger partial charge in [-0.25, -0.2) is 8.78 Å². The van der Waals surface area contributed by atoms with E-state index < -0.39 is 11.6 Å². The highest BCUT2D eigenvalue weighted by Gasteiger charge is 2.08. The van der Waals surface area contributed by atoms with Crippen LogP contribution in [0.15, 0.2) is 30.5 Å². The van der Waals surface area contributed by atoms with Gasteiger partial charge in [0.25, 0.3) is 0 Å². The van der Waals surface area contributed by atoms with Gasteiger partial charge in [0.2, 0.25) is 5.91 Å². The number of nitrogens with one attached hydrogen (secondary N) is 2. The summed E-state index contributed by atoms with van der Waals surface area (Å²) in [5, 5.41) is 13.5. The van der Waals surface area contributed by atoms with E-state index in [1.54, 1.807) is 6.20 Å². The first kappa shape index (κ1) is 17.6. The van der Waals surface area contributed by atoms with Crippen molar-refractivity contribution in [1.82, 2.24) is 15.5 Å². The molecule has 128 valence electrons. The van der Waals surface area contributed by atoms with Crippen LogP contribution in [0.3, 0.4) is 0 Å². The third-order valence-corrected chi connectivity index (χ3v) is 3.28. The van der Waals surface area contributed by atoms with Gasteiger partial charge in [-0.2, -0.15) is 5.10 Å². The molecule has 2 rings (SSSR count). The highest BCUT2D eigenvalue weighted by atomic mass is 19.1. The number of carbonyl (C=O) groups is 1. The quantitative estimate of drug-likeness (QED) is 0.752. The third kappa shape index (κ3) is 5.15. The highest BCUT2D eigenvalue weighted by molar-refractivity contribution is 5.78. The number of anilines is 2. The molecular weight excluding hydrogens is 316 g/mol. The zero-order valence-electron chi connectivity index (χ0n) is 13.5. The van der Waals surface area contributed by atoms with Crippen molar-refractivity contribution in [3.8, 4) is 0 Å². The Morgan fingerprint density at radius 1 is 1.21 bits per heavy atom. The van der Waals surface area contributed by atoms with Crippen LogP contribution in [0.5, 0.6) is 0 Å². The molecule has 0 unspecified atom stereocenters. The summed E-state index contributed by atoms with van der Waals surface area (Å²) in [5.41, 5.74) is 1.06. The normalized spacial score (nSPS) is 10.3. The van der Waals surface area contributed by atoms with Crippen molar-refractivity contribution in [1.29, 1.82) is 0 Å². The number of nitrogens with zero attached hydrogens (tertiary/aromatic N) is 3. The van der Waals surface area contributed by atoms with E-state index in [0.717, 1.165) is 17.8 Å². The molecule has 8 heteroatoms. The molecule has 2 N–H and O–H groups in total. The molecule has 0 fully saturated rings. The predicted octanol–water partition coefficient (Wildman–Crippen LogP) is 1.59. The second kappa shape index (κ2) is 8.19. The topological polar surface area (TPSA) is 70.2 Å². The zero-order chi connectivity index (χ0) is 17.5. The molecular formula is C16H19F2N5O. The van der Waals surface area contributed by atoms with Crippen LogP contribution < -0.4 is 15.5 Å². The Kier molecular flexibility index (Phi) is 6.00. The molecule has 0 saturated heterocycles. The first-order valence-electron chi connectivity index (χ1n) is 7.40. The van der Waals surface area contributed by atoms with E-state index in [9.17, 15) is 13.6 Å². The molecule has 0 bridgehead atoms. The summed E-state index contributed by atoms with van der Waals surface area (Å²) in [6.45, 7) is 0.790. The Balaban J connectivity index is 1.76. The van der Waals surface area contributed by atoms with Crippen LogP contribution >= 0.6 is 0 Å². The van der Waals surface area contributed by atoms with Gasteiger partial charge in [-0.05, 0) is 11.6 Å². The maximum absolute atomic E-state index is 13.5. The van der Waals surface area contributed by atoms with Gasteiger partial charge in [0.1, 0.15) is 11.6 Å². The number of aromatic nitrogens is 2. The molecule has 1 aromatic heterocycles. The maximum atomic E-state index is 13.5. The Morgan fingerprint density at radius 3 is 2.71 bits per heavy atom. The summed E-state index contributed by atoms with van der Waals surface area (Å²) in [4.78, 5) is 13.7. The summed E-state index contributed by atoms with van der Waals surface area (Å²) in [6, 6.07) is 5.00. The molecule has 1 heterocycles. The fourth-order valence-corrected chi connectivity index (χ4v) is 1.98. The van der Waals surface area contributed by atoms with Crippen molar-refractivity contribution >= 4 is 17.4 Å². The van der Waals surface area contributed by atoms with Crippen LogP contribution in [0.1, 0.15) is 5.56 Å². The molecule has 1 amide bonds. The largest absolute Gasteiger partial charge is 0.376 e. The van der Waals surface area contributed by atoms with Crippen LogP contribution in [-0.4, -0.2) is 43.3 Å². The molecule has 1 aromatic carbocycles. The second-order valence-electron chi connectivity index (χ2n) is 5.38. The Labute approximate surface area is 138 Å². The summed E-state index contributed by atoms with van der Waals surface area (Å²) >= 11 is 0. The lowest BCUT2D eigenvalue weighted by Crippen LogP contribution is -2.30. The number of halogens is 2. The maximum Gasteiger partial charge on any atom is 0.224 e. The van der Waals surface area contributed by atoms with E-state index in [1.165, 1.54) is 6.07 Å². The van der Waals surface area contributed by atoms with Crippen molar-refractivity contribution < 1.29 is 13.6 Å². The van der Waals surface area contributed by atoms with Crippen LogP contribution in [-0.2, 0) is 11.2 Å². The molecule has 0 atom stereocenters. The van der Waals surface area contributed by atoms with Crippen LogP contribution in [0.4, 0.5) is 20.3 Å². The first-order chi connectivity index (χ1) is 11.5. The molecule has 2 aromatic rings. The van der Waals surface area contributed by atoms with Crippen molar-refractivity contribution in [2.75, 3.05) is 37.4 Å². The minimum Gasteiger partial charge on any atom is -0.376 e. The number of carbonyl (C=O) groups excluding carboxylic acids is 1. The van der Waals surface area contributed by atoms with E-state index in [4.69, 9.17) is 0 Å². The average molecular weight is 335 g/mol. The smallest absolute Gasteiger partial charge is 0.224 e. The van der Waals surface area contributed by atoms with E-state index in [2.05, 4.69) is 20.8 Å². The third-order valence-electron chi connectivity index (χ3n) is 3.28. The molecule has 0 aliphatic heterocycles. The molecule has 0 aliphatic carbocycles. The van der Waals surface area contributed by atoms with Gasteiger partial charge in [-0.15, -0.1) is 5.10 Å². The number of hydrogen-bond acceptors (Lipinski definition) is 5. The SMILES string of the molecule is CN(C)c1cnnc(NCCNC(=O)Cc2ccc(F)cc2F)c1. The number of rotatable bonds is 7. The number of benzene rings is 1. The van der Waals surface area contributed by atoms with Crippen molar-refractivity contribution in [3.05, 3.63) is 47.7 Å². The van der Waals surface area contributed by atoms with Gasteiger partial charge in [0, 0.05) is 39.3 Å². The highest BCUT2D eigenvalue weighted by Crippen LogP contribution is 2.12. The fraction of sp³-hybridized carbons (Fsp3) is 0.312.